The van der Waals surface area contributed by atoms with E-state index in [0.29, 0.717) is 29.0 Å². The fraction of sp³-hybridized carbons (Fsp3) is 0.133. The monoisotopic (exact) mass is 285 g/mol. The average Bonchev–Trinajstić information content (AvgIpc) is 2.53. The number of amides is 1. The van der Waals surface area contributed by atoms with Gasteiger partial charge < -0.3 is 14.1 Å². The Balaban J connectivity index is 2.25. The summed E-state index contributed by atoms with van der Waals surface area (Å²) in [6.45, 7) is 0.226. The molecule has 0 atom stereocenters. The van der Waals surface area contributed by atoms with Gasteiger partial charge in [0.2, 0.25) is 6.41 Å². The van der Waals surface area contributed by atoms with Crippen molar-refractivity contribution in [3.8, 4) is 11.3 Å². The largest absolute Gasteiger partial charge is 0.465 e. The molecule has 0 aliphatic carbocycles. The molecular formula is C15H11NO5. The summed E-state index contributed by atoms with van der Waals surface area (Å²) >= 11 is 0. The second-order valence-corrected chi connectivity index (χ2v) is 4.54. The molecule has 0 N–H and O–H groups in total. The summed E-state index contributed by atoms with van der Waals surface area (Å²) in [5, 5.41) is 0. The van der Waals surface area contributed by atoms with Crippen molar-refractivity contribution in [2.45, 2.75) is 6.54 Å². The van der Waals surface area contributed by atoms with E-state index in [1.807, 2.05) is 0 Å². The predicted octanol–water partition coefficient (Wildman–Crippen LogP) is 1.57. The van der Waals surface area contributed by atoms with Gasteiger partial charge in [-0.25, -0.2) is 9.59 Å². The lowest BCUT2D eigenvalue weighted by molar-refractivity contribution is -0.107. The molecule has 0 saturated heterocycles. The van der Waals surface area contributed by atoms with Gasteiger partial charge in [-0.15, -0.1) is 0 Å². The van der Waals surface area contributed by atoms with Crippen LogP contribution in [0.25, 0.3) is 11.3 Å². The summed E-state index contributed by atoms with van der Waals surface area (Å²) in [5.41, 5.74) is 0.950. The van der Waals surface area contributed by atoms with Crippen molar-refractivity contribution in [1.29, 1.82) is 0 Å². The summed E-state index contributed by atoms with van der Waals surface area (Å²) in [6, 6.07) is 8.51. The van der Waals surface area contributed by atoms with Crippen molar-refractivity contribution in [1.82, 2.24) is 0 Å². The second-order valence-electron chi connectivity index (χ2n) is 4.54. The van der Waals surface area contributed by atoms with Crippen molar-refractivity contribution in [2.24, 2.45) is 0 Å². The van der Waals surface area contributed by atoms with Crippen LogP contribution in [0.3, 0.4) is 0 Å². The van der Waals surface area contributed by atoms with Crippen LogP contribution in [-0.2, 0) is 16.1 Å². The summed E-state index contributed by atoms with van der Waals surface area (Å²) in [5.74, 6) is -0.385. The zero-order chi connectivity index (χ0) is 15.0. The molecule has 2 heterocycles. The van der Waals surface area contributed by atoms with Crippen molar-refractivity contribution < 1.29 is 18.7 Å². The van der Waals surface area contributed by atoms with Crippen LogP contribution in [0.1, 0.15) is 15.9 Å². The first-order chi connectivity index (χ1) is 10.2. The highest BCUT2D eigenvalue weighted by Gasteiger charge is 2.26. The van der Waals surface area contributed by atoms with Gasteiger partial charge in [0.25, 0.3) is 0 Å². The maximum Gasteiger partial charge on any atom is 0.351 e. The number of carbonyl (C=O) groups excluding carboxylic acids is 2. The topological polar surface area (TPSA) is 76.8 Å². The van der Waals surface area contributed by atoms with E-state index < -0.39 is 11.6 Å². The Morgan fingerprint density at radius 1 is 1.38 bits per heavy atom. The van der Waals surface area contributed by atoms with E-state index in [1.165, 1.54) is 18.1 Å². The Morgan fingerprint density at radius 2 is 2.14 bits per heavy atom. The smallest absolute Gasteiger partial charge is 0.351 e. The average molecular weight is 285 g/mol. The minimum absolute atomic E-state index is 0.179. The zero-order valence-corrected chi connectivity index (χ0v) is 11.2. The molecular weight excluding hydrogens is 274 g/mol. The number of rotatable bonds is 2. The normalized spacial score (nSPS) is 12.3. The lowest BCUT2D eigenvalue weighted by Gasteiger charge is -2.26. The number of ether oxygens (including phenoxy) is 1. The summed E-state index contributed by atoms with van der Waals surface area (Å²) in [4.78, 5) is 36.2. The highest BCUT2D eigenvalue weighted by Crippen LogP contribution is 2.37. The molecule has 2 aromatic rings. The fourth-order valence-electron chi connectivity index (χ4n) is 2.39. The van der Waals surface area contributed by atoms with E-state index in [0.717, 1.165) is 0 Å². The van der Waals surface area contributed by atoms with E-state index in [9.17, 15) is 14.4 Å². The number of anilines is 1. The molecule has 0 saturated carbocycles. The van der Waals surface area contributed by atoms with Crippen LogP contribution in [0.15, 0.2) is 39.5 Å². The Labute approximate surface area is 119 Å². The van der Waals surface area contributed by atoms with E-state index in [2.05, 4.69) is 4.74 Å². The van der Waals surface area contributed by atoms with Crippen LogP contribution in [0.4, 0.5) is 5.69 Å². The summed E-state index contributed by atoms with van der Waals surface area (Å²) < 4.78 is 9.82. The van der Waals surface area contributed by atoms with Gasteiger partial charge in [-0.3, -0.25) is 4.79 Å². The molecule has 1 aromatic carbocycles. The van der Waals surface area contributed by atoms with E-state index in [-0.39, 0.29) is 12.1 Å². The van der Waals surface area contributed by atoms with Crippen LogP contribution >= 0.6 is 0 Å². The Bertz CT molecular complexity index is 793. The molecule has 3 rings (SSSR count). The third kappa shape index (κ3) is 2.01. The van der Waals surface area contributed by atoms with Crippen molar-refractivity contribution in [3.63, 3.8) is 0 Å². The minimum Gasteiger partial charge on any atom is -0.465 e. The number of esters is 1. The summed E-state index contributed by atoms with van der Waals surface area (Å²) in [6.07, 6.45) is 0.699. The van der Waals surface area contributed by atoms with Gasteiger partial charge >= 0.3 is 11.6 Å². The third-order valence-electron chi connectivity index (χ3n) is 3.36. The van der Waals surface area contributed by atoms with Crippen LogP contribution in [0.5, 0.6) is 0 Å². The number of para-hydroxylation sites is 1. The van der Waals surface area contributed by atoms with Crippen LogP contribution < -0.4 is 10.5 Å². The van der Waals surface area contributed by atoms with Crippen LogP contribution in [0.2, 0.25) is 0 Å². The maximum atomic E-state index is 11.9. The molecule has 1 amide bonds. The number of benzene rings is 1. The lowest BCUT2D eigenvalue weighted by Crippen LogP contribution is -2.27. The van der Waals surface area contributed by atoms with Gasteiger partial charge in [-0.05, 0) is 18.2 Å². The molecule has 0 bridgehead atoms. The first-order valence-corrected chi connectivity index (χ1v) is 6.22. The third-order valence-corrected chi connectivity index (χ3v) is 3.36. The molecule has 106 valence electrons. The molecule has 1 aliphatic rings. The van der Waals surface area contributed by atoms with Crippen molar-refractivity contribution in [3.05, 3.63) is 51.9 Å². The van der Waals surface area contributed by atoms with Crippen molar-refractivity contribution in [2.75, 3.05) is 12.0 Å². The number of nitrogens with zero attached hydrogens (tertiary/aromatic N) is 1. The lowest BCUT2D eigenvalue weighted by atomic mass is 9.99. The van der Waals surface area contributed by atoms with Gasteiger partial charge in [0.1, 0.15) is 11.3 Å². The first-order valence-electron chi connectivity index (χ1n) is 6.22. The Hall–Kier alpha value is -2.89. The highest BCUT2D eigenvalue weighted by molar-refractivity contribution is 5.92. The molecule has 6 heteroatoms. The molecule has 0 unspecified atom stereocenters. The van der Waals surface area contributed by atoms with E-state index in [4.69, 9.17) is 4.42 Å². The van der Waals surface area contributed by atoms with Gasteiger partial charge in [0.05, 0.1) is 19.3 Å². The Kier molecular flexibility index (Phi) is 3.06. The quantitative estimate of drug-likeness (QED) is 0.618. The highest BCUT2D eigenvalue weighted by atomic mass is 16.5. The molecule has 1 aromatic heterocycles. The van der Waals surface area contributed by atoms with Crippen LogP contribution in [0, 0.1) is 0 Å². The SMILES string of the molecule is COC(=O)c1cc2c(oc1=O)-c1ccccc1N(C=O)C2. The Morgan fingerprint density at radius 3 is 2.86 bits per heavy atom. The number of hydrogen-bond acceptors (Lipinski definition) is 5. The summed E-state index contributed by atoms with van der Waals surface area (Å²) in [7, 11) is 1.19. The van der Waals surface area contributed by atoms with Crippen molar-refractivity contribution >= 4 is 18.1 Å². The predicted molar refractivity (Wildman–Crippen MR) is 74.0 cm³/mol. The van der Waals surface area contributed by atoms with Gasteiger partial charge in [-0.1, -0.05) is 12.1 Å². The first kappa shape index (κ1) is 13.1. The van der Waals surface area contributed by atoms with Crippen LogP contribution in [-0.4, -0.2) is 19.5 Å². The van der Waals surface area contributed by atoms with Gasteiger partial charge in [0.15, 0.2) is 0 Å². The van der Waals surface area contributed by atoms with Gasteiger partial charge in [0, 0.05) is 11.1 Å². The van der Waals surface area contributed by atoms with E-state index >= 15 is 0 Å². The second kappa shape index (κ2) is 4.90. The molecule has 0 radical (unpaired) electrons. The number of hydrogen-bond donors (Lipinski definition) is 0. The fourth-order valence-corrected chi connectivity index (χ4v) is 2.39. The zero-order valence-electron chi connectivity index (χ0n) is 11.2. The number of methoxy groups -OCH3 is 1. The number of carbonyl (C=O) groups is 2. The van der Waals surface area contributed by atoms with E-state index in [1.54, 1.807) is 24.3 Å². The maximum absolute atomic E-state index is 11.9. The van der Waals surface area contributed by atoms with Gasteiger partial charge in [-0.2, -0.15) is 0 Å². The minimum atomic E-state index is -0.761. The molecule has 1 aliphatic heterocycles. The standard InChI is InChI=1S/C15H11NO5/c1-20-14(18)11-6-9-7-16(8-17)12-5-3-2-4-10(12)13(9)21-15(11)19/h2-6,8H,7H2,1H3. The molecule has 6 nitrogen and oxygen atoms in total. The number of fused-ring (bicyclic) bond motifs is 3. The molecule has 0 spiro atoms. The molecule has 21 heavy (non-hydrogen) atoms. The molecule has 0 fully saturated rings.